The van der Waals surface area contributed by atoms with E-state index in [2.05, 4.69) is 11.4 Å². The summed E-state index contributed by atoms with van der Waals surface area (Å²) in [6.07, 6.45) is 0.579. The van der Waals surface area contributed by atoms with Gasteiger partial charge in [0, 0.05) is 29.8 Å². The van der Waals surface area contributed by atoms with Crippen LogP contribution in [0.5, 0.6) is 5.75 Å². The minimum absolute atomic E-state index is 0.0979. The zero-order chi connectivity index (χ0) is 25.4. The van der Waals surface area contributed by atoms with Crippen molar-refractivity contribution in [1.29, 1.82) is 5.26 Å². The maximum atomic E-state index is 11.5. The molecule has 2 heterocycles. The molecule has 0 fully saturated rings. The number of hydrogen-bond acceptors (Lipinski definition) is 6. The summed E-state index contributed by atoms with van der Waals surface area (Å²) >= 11 is 0. The highest BCUT2D eigenvalue weighted by molar-refractivity contribution is 5.87. The van der Waals surface area contributed by atoms with Gasteiger partial charge in [-0.25, -0.2) is 4.98 Å². The minimum Gasteiger partial charge on any atom is -0.490 e. The van der Waals surface area contributed by atoms with Gasteiger partial charge < -0.3 is 10.1 Å². The topological polar surface area (TPSA) is 105 Å². The predicted molar refractivity (Wildman–Crippen MR) is 139 cm³/mol. The molecule has 36 heavy (non-hydrogen) atoms. The standard InChI is InChI=1S/C28H23N5O3/c1-17-13-25(33(34)35)26(36-3)15-23(17)31-27-20(14-19-9-5-4-6-10-19)18(2)21(16-29)28-30-22-11-7-8-12-24(22)32(27)28/h4-13,15,31H,14H2,1-3H3. The third-order valence-electron chi connectivity index (χ3n) is 6.43. The summed E-state index contributed by atoms with van der Waals surface area (Å²) in [6.45, 7) is 3.75. The fourth-order valence-corrected chi connectivity index (χ4v) is 4.57. The van der Waals surface area contributed by atoms with Crippen LogP contribution >= 0.6 is 0 Å². The summed E-state index contributed by atoms with van der Waals surface area (Å²) in [6, 6.07) is 23.3. The Morgan fingerprint density at radius 1 is 1.11 bits per heavy atom. The van der Waals surface area contributed by atoms with E-state index in [0.717, 1.165) is 33.5 Å². The molecule has 0 spiro atoms. The van der Waals surface area contributed by atoms with Crippen LogP contribution in [0.4, 0.5) is 17.2 Å². The quantitative estimate of drug-likeness (QED) is 0.230. The van der Waals surface area contributed by atoms with E-state index in [4.69, 9.17) is 9.72 Å². The largest absolute Gasteiger partial charge is 0.490 e. The Hall–Kier alpha value is -4.90. The monoisotopic (exact) mass is 477 g/mol. The van der Waals surface area contributed by atoms with Crippen LogP contribution in [0.3, 0.4) is 0 Å². The number of rotatable bonds is 6. The Morgan fingerprint density at radius 3 is 2.53 bits per heavy atom. The number of ether oxygens (including phenoxy) is 1. The Balaban J connectivity index is 1.83. The number of nitrogens with one attached hydrogen (secondary N) is 1. The fraction of sp³-hybridized carbons (Fsp3) is 0.143. The van der Waals surface area contributed by atoms with Gasteiger partial charge in [-0.2, -0.15) is 5.26 Å². The summed E-state index contributed by atoms with van der Waals surface area (Å²) in [5, 5.41) is 25.2. The second-order valence-corrected chi connectivity index (χ2v) is 8.58. The molecule has 0 saturated carbocycles. The number of anilines is 2. The van der Waals surface area contributed by atoms with Crippen molar-refractivity contribution in [2.24, 2.45) is 0 Å². The second-order valence-electron chi connectivity index (χ2n) is 8.58. The van der Waals surface area contributed by atoms with Gasteiger partial charge in [0.2, 0.25) is 0 Å². The first-order valence-corrected chi connectivity index (χ1v) is 11.4. The molecule has 0 radical (unpaired) electrons. The molecule has 5 aromatic rings. The van der Waals surface area contributed by atoms with E-state index in [-0.39, 0.29) is 11.4 Å². The molecule has 0 aliphatic carbocycles. The summed E-state index contributed by atoms with van der Waals surface area (Å²) in [5.41, 5.74) is 6.81. The highest BCUT2D eigenvalue weighted by atomic mass is 16.6. The summed E-state index contributed by atoms with van der Waals surface area (Å²) in [4.78, 5) is 15.8. The summed E-state index contributed by atoms with van der Waals surface area (Å²) < 4.78 is 7.29. The highest BCUT2D eigenvalue weighted by Crippen LogP contribution is 2.38. The molecular formula is C28H23N5O3. The highest BCUT2D eigenvalue weighted by Gasteiger charge is 2.23. The number of aryl methyl sites for hydroxylation is 1. The van der Waals surface area contributed by atoms with E-state index in [9.17, 15) is 15.4 Å². The molecule has 0 amide bonds. The Labute approximate surface area is 207 Å². The molecule has 1 N–H and O–H groups in total. The van der Waals surface area contributed by atoms with Gasteiger partial charge in [-0.05, 0) is 42.7 Å². The van der Waals surface area contributed by atoms with Crippen molar-refractivity contribution < 1.29 is 9.66 Å². The molecule has 178 valence electrons. The van der Waals surface area contributed by atoms with Gasteiger partial charge in [-0.15, -0.1) is 0 Å². The zero-order valence-corrected chi connectivity index (χ0v) is 20.1. The van der Waals surface area contributed by atoms with E-state index >= 15 is 0 Å². The Bertz CT molecular complexity index is 1680. The van der Waals surface area contributed by atoms with Gasteiger partial charge >= 0.3 is 5.69 Å². The number of para-hydroxylation sites is 2. The second kappa shape index (κ2) is 9.04. The van der Waals surface area contributed by atoms with E-state index in [1.807, 2.05) is 72.8 Å². The molecular weight excluding hydrogens is 454 g/mol. The Morgan fingerprint density at radius 2 is 1.83 bits per heavy atom. The van der Waals surface area contributed by atoms with E-state index in [1.54, 1.807) is 6.07 Å². The molecule has 0 atom stereocenters. The molecule has 0 bridgehead atoms. The van der Waals surface area contributed by atoms with Crippen molar-refractivity contribution in [3.05, 3.63) is 105 Å². The van der Waals surface area contributed by atoms with Crippen LogP contribution in [0, 0.1) is 35.3 Å². The van der Waals surface area contributed by atoms with Gasteiger partial charge in [-0.3, -0.25) is 14.5 Å². The van der Waals surface area contributed by atoms with Crippen LogP contribution in [-0.2, 0) is 6.42 Å². The first-order chi connectivity index (χ1) is 17.4. The van der Waals surface area contributed by atoms with Crippen LogP contribution in [0.1, 0.15) is 27.8 Å². The van der Waals surface area contributed by atoms with Crippen molar-refractivity contribution in [3.63, 3.8) is 0 Å². The number of fused-ring (bicyclic) bond motifs is 3. The van der Waals surface area contributed by atoms with Crippen LogP contribution in [0.15, 0.2) is 66.7 Å². The number of nitriles is 1. The SMILES string of the molecule is COc1cc(Nc2c(Cc3ccccc3)c(C)c(C#N)c3nc4ccccc4n23)c(C)cc1[N+](=O)[O-]. The van der Waals surface area contributed by atoms with Crippen LogP contribution < -0.4 is 10.1 Å². The number of benzene rings is 3. The molecule has 0 aliphatic heterocycles. The van der Waals surface area contributed by atoms with Gasteiger partial charge in [0.15, 0.2) is 11.4 Å². The van der Waals surface area contributed by atoms with Crippen molar-refractivity contribution in [2.75, 3.05) is 12.4 Å². The summed E-state index contributed by atoms with van der Waals surface area (Å²) in [5.74, 6) is 0.910. The summed E-state index contributed by atoms with van der Waals surface area (Å²) in [7, 11) is 1.41. The number of aromatic nitrogens is 2. The third kappa shape index (κ3) is 3.77. The normalized spacial score (nSPS) is 10.9. The minimum atomic E-state index is -0.454. The lowest BCUT2D eigenvalue weighted by Crippen LogP contribution is -2.10. The average molecular weight is 478 g/mol. The van der Waals surface area contributed by atoms with Crippen LogP contribution in [0.25, 0.3) is 16.7 Å². The van der Waals surface area contributed by atoms with Gasteiger partial charge in [0.05, 0.1) is 28.6 Å². The first kappa shape index (κ1) is 22.9. The van der Waals surface area contributed by atoms with Crippen molar-refractivity contribution in [2.45, 2.75) is 20.3 Å². The number of hydrogen-bond donors (Lipinski definition) is 1. The number of imidazole rings is 1. The fourth-order valence-electron chi connectivity index (χ4n) is 4.57. The molecule has 3 aromatic carbocycles. The number of methoxy groups -OCH3 is 1. The molecule has 8 nitrogen and oxygen atoms in total. The van der Waals surface area contributed by atoms with Crippen molar-refractivity contribution in [1.82, 2.24) is 9.38 Å². The van der Waals surface area contributed by atoms with Gasteiger partial charge in [-0.1, -0.05) is 42.5 Å². The van der Waals surface area contributed by atoms with E-state index in [0.29, 0.717) is 28.9 Å². The molecule has 0 unspecified atom stereocenters. The number of pyridine rings is 1. The van der Waals surface area contributed by atoms with Crippen molar-refractivity contribution >= 4 is 33.9 Å². The molecule has 5 rings (SSSR count). The van der Waals surface area contributed by atoms with Crippen LogP contribution in [-0.4, -0.2) is 21.4 Å². The lowest BCUT2D eigenvalue weighted by Gasteiger charge is -2.20. The number of nitrogens with zero attached hydrogens (tertiary/aromatic N) is 4. The third-order valence-corrected chi connectivity index (χ3v) is 6.43. The van der Waals surface area contributed by atoms with Crippen molar-refractivity contribution in [3.8, 4) is 11.8 Å². The van der Waals surface area contributed by atoms with E-state index in [1.165, 1.54) is 13.2 Å². The average Bonchev–Trinajstić information content (AvgIpc) is 3.26. The maximum Gasteiger partial charge on any atom is 0.311 e. The lowest BCUT2D eigenvalue weighted by atomic mass is 9.97. The lowest BCUT2D eigenvalue weighted by molar-refractivity contribution is -0.385. The Kier molecular flexibility index (Phi) is 5.74. The molecule has 8 heteroatoms. The smallest absolute Gasteiger partial charge is 0.311 e. The first-order valence-electron chi connectivity index (χ1n) is 11.4. The predicted octanol–water partition coefficient (Wildman–Crippen LogP) is 6.23. The van der Waals surface area contributed by atoms with Gasteiger partial charge in [0.25, 0.3) is 0 Å². The maximum absolute atomic E-state index is 11.5. The number of nitro benzene ring substituents is 1. The number of nitro groups is 1. The zero-order valence-electron chi connectivity index (χ0n) is 20.1. The van der Waals surface area contributed by atoms with E-state index < -0.39 is 4.92 Å². The molecule has 2 aromatic heterocycles. The van der Waals surface area contributed by atoms with Crippen LogP contribution in [0.2, 0.25) is 0 Å². The molecule has 0 saturated heterocycles. The van der Waals surface area contributed by atoms with Gasteiger partial charge in [0.1, 0.15) is 11.9 Å². The molecule has 0 aliphatic rings.